The van der Waals surface area contributed by atoms with Gasteiger partial charge in [0, 0.05) is 18.3 Å². The molecule has 0 aromatic carbocycles. The van der Waals surface area contributed by atoms with Crippen LogP contribution in [-0.4, -0.2) is 12.1 Å². The van der Waals surface area contributed by atoms with Crippen molar-refractivity contribution in [2.75, 3.05) is 7.11 Å². The van der Waals surface area contributed by atoms with Crippen molar-refractivity contribution in [2.24, 2.45) is 5.84 Å². The predicted octanol–water partition coefficient (Wildman–Crippen LogP) is 0.707. The number of nitrogens with one attached hydrogen (secondary N) is 1. The molecule has 0 saturated heterocycles. The smallest absolute Gasteiger partial charge is 0.219 e. The summed E-state index contributed by atoms with van der Waals surface area (Å²) in [6.07, 6.45) is 1.58. The molecule has 1 aromatic rings. The lowest BCUT2D eigenvalue weighted by Crippen LogP contribution is -2.21. The highest BCUT2D eigenvalue weighted by Gasteiger charge is 2.06. The molecule has 0 amide bonds. The molecule has 0 saturated carbocycles. The Bertz CT molecular complexity index is 267. The third-order valence-electron chi connectivity index (χ3n) is 1.43. The first-order valence-corrected chi connectivity index (χ1v) is 3.78. The molecule has 0 radical (unpaired) electrons. The molecule has 1 aromatic heterocycles. The van der Waals surface area contributed by atoms with E-state index in [1.165, 1.54) is 0 Å². The first-order valence-electron chi connectivity index (χ1n) is 3.40. The summed E-state index contributed by atoms with van der Waals surface area (Å²) in [7, 11) is 1.54. The van der Waals surface area contributed by atoms with E-state index >= 15 is 0 Å². The number of methoxy groups -OCH3 is 1. The summed E-state index contributed by atoms with van der Waals surface area (Å²) in [5, 5.41) is 0.597. The Morgan fingerprint density at radius 1 is 1.75 bits per heavy atom. The summed E-state index contributed by atoms with van der Waals surface area (Å²) in [6, 6.07) is 1.69. The molecule has 0 aliphatic heterocycles. The van der Waals surface area contributed by atoms with Crippen LogP contribution in [0.5, 0.6) is 5.88 Å². The normalized spacial score (nSPS) is 9.92. The Morgan fingerprint density at radius 2 is 2.50 bits per heavy atom. The van der Waals surface area contributed by atoms with Crippen LogP contribution in [0.1, 0.15) is 5.56 Å². The zero-order chi connectivity index (χ0) is 8.97. The SMILES string of the molecule is COc1nccc(Cl)c1CNN. The number of pyridine rings is 1. The van der Waals surface area contributed by atoms with Crippen LogP contribution in [0.4, 0.5) is 0 Å². The van der Waals surface area contributed by atoms with Gasteiger partial charge in [0.1, 0.15) is 0 Å². The Balaban J connectivity index is 3.02. The first kappa shape index (κ1) is 9.25. The summed E-state index contributed by atoms with van der Waals surface area (Å²) in [6.45, 7) is 0.440. The summed E-state index contributed by atoms with van der Waals surface area (Å²) in [4.78, 5) is 3.97. The predicted molar refractivity (Wildman–Crippen MR) is 46.8 cm³/mol. The van der Waals surface area contributed by atoms with E-state index in [9.17, 15) is 0 Å². The summed E-state index contributed by atoms with van der Waals surface area (Å²) >= 11 is 5.87. The van der Waals surface area contributed by atoms with Crippen molar-refractivity contribution >= 4 is 11.6 Å². The summed E-state index contributed by atoms with van der Waals surface area (Å²) in [5.74, 6) is 5.66. The molecule has 0 aliphatic carbocycles. The van der Waals surface area contributed by atoms with Crippen molar-refractivity contribution in [3.63, 3.8) is 0 Å². The van der Waals surface area contributed by atoms with Crippen LogP contribution >= 0.6 is 11.6 Å². The number of hydrazine groups is 1. The molecule has 0 aliphatic rings. The lowest BCUT2D eigenvalue weighted by molar-refractivity contribution is 0.391. The van der Waals surface area contributed by atoms with Crippen LogP contribution in [-0.2, 0) is 6.54 Å². The quantitative estimate of drug-likeness (QED) is 0.541. The van der Waals surface area contributed by atoms with Crippen molar-refractivity contribution in [1.29, 1.82) is 0 Å². The van der Waals surface area contributed by atoms with Crippen LogP contribution in [0.2, 0.25) is 5.02 Å². The van der Waals surface area contributed by atoms with Gasteiger partial charge >= 0.3 is 0 Å². The molecule has 0 spiro atoms. The van der Waals surface area contributed by atoms with Crippen molar-refractivity contribution in [2.45, 2.75) is 6.54 Å². The molecular weight excluding hydrogens is 178 g/mol. The third kappa shape index (κ3) is 1.85. The van der Waals surface area contributed by atoms with Crippen molar-refractivity contribution in [3.05, 3.63) is 22.8 Å². The maximum atomic E-state index is 5.87. The van der Waals surface area contributed by atoms with Crippen molar-refractivity contribution in [1.82, 2.24) is 10.4 Å². The monoisotopic (exact) mass is 187 g/mol. The highest BCUT2D eigenvalue weighted by molar-refractivity contribution is 6.31. The summed E-state index contributed by atoms with van der Waals surface area (Å²) in [5.41, 5.74) is 3.26. The molecule has 5 heteroatoms. The molecule has 1 heterocycles. The zero-order valence-corrected chi connectivity index (χ0v) is 7.43. The van der Waals surface area contributed by atoms with Crippen LogP contribution in [0, 0.1) is 0 Å². The van der Waals surface area contributed by atoms with Gasteiger partial charge in [-0.15, -0.1) is 0 Å². The van der Waals surface area contributed by atoms with E-state index in [4.69, 9.17) is 22.2 Å². The lowest BCUT2D eigenvalue weighted by atomic mass is 10.3. The van der Waals surface area contributed by atoms with Gasteiger partial charge in [-0.1, -0.05) is 11.6 Å². The van der Waals surface area contributed by atoms with Gasteiger partial charge in [-0.3, -0.25) is 11.3 Å². The van der Waals surface area contributed by atoms with Gasteiger partial charge in [0.2, 0.25) is 5.88 Å². The fraction of sp³-hybridized carbons (Fsp3) is 0.286. The van der Waals surface area contributed by atoms with Gasteiger partial charge in [-0.2, -0.15) is 0 Å². The fourth-order valence-corrected chi connectivity index (χ4v) is 1.09. The number of ether oxygens (including phenoxy) is 1. The van der Waals surface area contributed by atoms with E-state index in [0.29, 0.717) is 17.4 Å². The third-order valence-corrected chi connectivity index (χ3v) is 1.79. The van der Waals surface area contributed by atoms with E-state index in [1.54, 1.807) is 19.4 Å². The highest BCUT2D eigenvalue weighted by atomic mass is 35.5. The van der Waals surface area contributed by atoms with Crippen molar-refractivity contribution < 1.29 is 4.74 Å². The lowest BCUT2D eigenvalue weighted by Gasteiger charge is -2.07. The van der Waals surface area contributed by atoms with Gasteiger partial charge in [0.05, 0.1) is 12.1 Å². The minimum absolute atomic E-state index is 0.440. The Hall–Kier alpha value is -0.840. The Morgan fingerprint density at radius 3 is 3.08 bits per heavy atom. The highest BCUT2D eigenvalue weighted by Crippen LogP contribution is 2.22. The molecular formula is C7H10ClN3O. The topological polar surface area (TPSA) is 60.2 Å². The Kier molecular flexibility index (Phi) is 3.28. The average molecular weight is 188 g/mol. The number of nitrogens with two attached hydrogens (primary N) is 1. The first-order chi connectivity index (χ1) is 5.79. The van der Waals surface area contributed by atoms with Crippen LogP contribution in [0.25, 0.3) is 0 Å². The minimum atomic E-state index is 0.440. The Labute approximate surface area is 75.7 Å². The van der Waals surface area contributed by atoms with Gasteiger partial charge in [-0.05, 0) is 6.07 Å². The molecule has 1 rings (SSSR count). The fourth-order valence-electron chi connectivity index (χ4n) is 0.889. The number of hydrogen-bond donors (Lipinski definition) is 2. The molecule has 3 N–H and O–H groups in total. The van der Waals surface area contributed by atoms with E-state index in [1.807, 2.05) is 0 Å². The second kappa shape index (κ2) is 4.25. The molecule has 0 atom stereocenters. The summed E-state index contributed by atoms with van der Waals surface area (Å²) < 4.78 is 4.99. The number of nitrogens with zero attached hydrogens (tertiary/aromatic N) is 1. The van der Waals surface area contributed by atoms with Crippen LogP contribution in [0.15, 0.2) is 12.3 Å². The molecule has 66 valence electrons. The minimum Gasteiger partial charge on any atom is -0.481 e. The molecule has 12 heavy (non-hydrogen) atoms. The van der Waals surface area contributed by atoms with Gasteiger partial charge in [-0.25, -0.2) is 4.98 Å². The van der Waals surface area contributed by atoms with Crippen LogP contribution < -0.4 is 16.0 Å². The second-order valence-corrected chi connectivity index (χ2v) is 2.57. The van der Waals surface area contributed by atoms with E-state index in [-0.39, 0.29) is 0 Å². The molecule has 0 bridgehead atoms. The number of halogens is 1. The van der Waals surface area contributed by atoms with Crippen LogP contribution in [0.3, 0.4) is 0 Å². The zero-order valence-electron chi connectivity index (χ0n) is 6.67. The average Bonchev–Trinajstić information content (AvgIpc) is 2.09. The molecule has 4 nitrogen and oxygen atoms in total. The second-order valence-electron chi connectivity index (χ2n) is 2.16. The largest absolute Gasteiger partial charge is 0.481 e. The number of aromatic nitrogens is 1. The number of rotatable bonds is 3. The van der Waals surface area contributed by atoms with E-state index in [2.05, 4.69) is 10.4 Å². The van der Waals surface area contributed by atoms with E-state index < -0.39 is 0 Å². The standard InChI is InChI=1S/C7H10ClN3O/c1-12-7-5(4-11-9)6(8)2-3-10-7/h2-3,11H,4,9H2,1H3. The molecule has 0 fully saturated rings. The van der Waals surface area contributed by atoms with Gasteiger partial charge < -0.3 is 4.74 Å². The van der Waals surface area contributed by atoms with Gasteiger partial charge in [0.15, 0.2) is 0 Å². The maximum Gasteiger partial charge on any atom is 0.219 e. The number of hydrogen-bond acceptors (Lipinski definition) is 4. The maximum absolute atomic E-state index is 5.87. The van der Waals surface area contributed by atoms with Crippen molar-refractivity contribution in [3.8, 4) is 5.88 Å². The molecule has 0 unspecified atom stereocenters. The van der Waals surface area contributed by atoms with E-state index in [0.717, 1.165) is 5.56 Å². The van der Waals surface area contributed by atoms with Gasteiger partial charge in [0.25, 0.3) is 0 Å².